The van der Waals surface area contributed by atoms with Crippen molar-refractivity contribution in [2.45, 2.75) is 24.0 Å². The summed E-state index contributed by atoms with van der Waals surface area (Å²) in [4.78, 5) is 14.5. The van der Waals surface area contributed by atoms with Crippen molar-refractivity contribution in [2.24, 2.45) is 5.92 Å². The molecule has 2 saturated heterocycles. The van der Waals surface area contributed by atoms with Gasteiger partial charge in [0, 0.05) is 24.6 Å². The lowest BCUT2D eigenvalue weighted by Crippen LogP contribution is -2.41. The number of rotatable bonds is 5. The highest BCUT2D eigenvalue weighted by Crippen LogP contribution is 2.28. The zero-order valence-corrected chi connectivity index (χ0v) is 15.8. The summed E-state index contributed by atoms with van der Waals surface area (Å²) in [6.45, 7) is 2.43. The minimum atomic E-state index is -3.73. The molecular weight excluding hydrogens is 360 g/mol. The first kappa shape index (κ1) is 19.1. The van der Waals surface area contributed by atoms with Crippen molar-refractivity contribution in [1.29, 1.82) is 0 Å². The van der Waals surface area contributed by atoms with E-state index in [1.165, 1.54) is 26.3 Å². The van der Waals surface area contributed by atoms with Gasteiger partial charge in [-0.25, -0.2) is 13.1 Å². The van der Waals surface area contributed by atoms with Gasteiger partial charge >= 0.3 is 0 Å². The Morgan fingerprint density at radius 3 is 2.46 bits per heavy atom. The van der Waals surface area contributed by atoms with Gasteiger partial charge in [0.1, 0.15) is 10.6 Å². The predicted octanol–water partition coefficient (Wildman–Crippen LogP) is 0.828. The summed E-state index contributed by atoms with van der Waals surface area (Å²) in [7, 11) is -1.01. The van der Waals surface area contributed by atoms with E-state index in [9.17, 15) is 13.2 Å². The molecule has 2 heterocycles. The number of ether oxygens (including phenoxy) is 3. The lowest BCUT2D eigenvalue weighted by molar-refractivity contribution is -0.0956. The third-order valence-electron chi connectivity index (χ3n) is 4.83. The third kappa shape index (κ3) is 3.85. The van der Waals surface area contributed by atoms with E-state index in [-0.39, 0.29) is 28.8 Å². The van der Waals surface area contributed by atoms with E-state index in [0.29, 0.717) is 31.9 Å². The average molecular weight is 384 g/mol. The van der Waals surface area contributed by atoms with Crippen molar-refractivity contribution in [1.82, 2.24) is 9.62 Å². The molecule has 0 unspecified atom stereocenters. The molecule has 0 saturated carbocycles. The summed E-state index contributed by atoms with van der Waals surface area (Å²) < 4.78 is 42.8. The fourth-order valence-corrected chi connectivity index (χ4v) is 4.25. The molecule has 3 rings (SSSR count). The van der Waals surface area contributed by atoms with Crippen molar-refractivity contribution in [3.05, 3.63) is 23.8 Å². The van der Waals surface area contributed by atoms with Crippen molar-refractivity contribution >= 4 is 15.9 Å². The number of sulfonamides is 1. The molecule has 1 amide bonds. The molecule has 9 heteroatoms. The second-order valence-corrected chi connectivity index (χ2v) is 8.17. The molecular formula is C17H24N2O6S. The quantitative estimate of drug-likeness (QED) is 0.808. The Kier molecular flexibility index (Phi) is 5.81. The molecule has 0 spiro atoms. The molecule has 2 aliphatic rings. The van der Waals surface area contributed by atoms with E-state index in [4.69, 9.17) is 14.2 Å². The number of hydrogen-bond donors (Lipinski definition) is 1. The van der Waals surface area contributed by atoms with E-state index < -0.39 is 10.0 Å². The molecule has 0 atom stereocenters. The van der Waals surface area contributed by atoms with Crippen LogP contribution < -0.4 is 9.46 Å². The van der Waals surface area contributed by atoms with Crippen LogP contribution in [0.1, 0.15) is 23.2 Å². The molecule has 2 aliphatic heterocycles. The van der Waals surface area contributed by atoms with E-state index in [1.807, 2.05) is 0 Å². The summed E-state index contributed by atoms with van der Waals surface area (Å²) in [5, 5.41) is 0. The van der Waals surface area contributed by atoms with Crippen molar-refractivity contribution in [3.8, 4) is 5.75 Å². The highest BCUT2D eigenvalue weighted by Gasteiger charge is 2.32. The van der Waals surface area contributed by atoms with Crippen LogP contribution in [0.5, 0.6) is 5.75 Å². The zero-order valence-electron chi connectivity index (χ0n) is 14.9. The first-order chi connectivity index (χ1) is 12.5. The van der Waals surface area contributed by atoms with E-state index in [0.717, 1.165) is 12.8 Å². The van der Waals surface area contributed by atoms with Crippen LogP contribution in [0.15, 0.2) is 23.1 Å². The first-order valence-corrected chi connectivity index (χ1v) is 10.1. The molecule has 0 aromatic heterocycles. The van der Waals surface area contributed by atoms with Crippen molar-refractivity contribution < 1.29 is 27.4 Å². The van der Waals surface area contributed by atoms with Crippen molar-refractivity contribution in [2.75, 3.05) is 40.5 Å². The summed E-state index contributed by atoms with van der Waals surface area (Å²) in [5.74, 6) is 0.301. The fourth-order valence-electron chi connectivity index (χ4n) is 3.34. The Morgan fingerprint density at radius 1 is 1.23 bits per heavy atom. The van der Waals surface area contributed by atoms with Crippen LogP contribution in [0, 0.1) is 5.92 Å². The average Bonchev–Trinajstić information content (AvgIpc) is 3.22. The Balaban J connectivity index is 1.73. The number of nitrogens with zero attached hydrogens (tertiary/aromatic N) is 1. The van der Waals surface area contributed by atoms with Crippen LogP contribution in [0.3, 0.4) is 0 Å². The minimum absolute atomic E-state index is 0.0454. The lowest BCUT2D eigenvalue weighted by atomic mass is 9.95. The normalized spacial score (nSPS) is 19.7. The highest BCUT2D eigenvalue weighted by atomic mass is 32.2. The van der Waals surface area contributed by atoms with E-state index >= 15 is 0 Å². The summed E-state index contributed by atoms with van der Waals surface area (Å²) in [5.41, 5.74) is 0.325. The number of carbonyl (C=O) groups excluding carboxylic acids is 1. The number of hydrogen-bond acceptors (Lipinski definition) is 6. The van der Waals surface area contributed by atoms with Gasteiger partial charge in [0.15, 0.2) is 6.29 Å². The molecule has 8 nitrogen and oxygen atoms in total. The lowest BCUT2D eigenvalue weighted by Gasteiger charge is -2.34. The van der Waals surface area contributed by atoms with Gasteiger partial charge in [-0.1, -0.05) is 0 Å². The Morgan fingerprint density at radius 2 is 1.88 bits per heavy atom. The summed E-state index contributed by atoms with van der Waals surface area (Å²) in [6, 6.07) is 4.46. The van der Waals surface area contributed by atoms with Gasteiger partial charge in [-0.15, -0.1) is 0 Å². The predicted molar refractivity (Wildman–Crippen MR) is 93.6 cm³/mol. The molecule has 1 aromatic carbocycles. The smallest absolute Gasteiger partial charge is 0.253 e. The Hall–Kier alpha value is -1.68. The molecule has 2 fully saturated rings. The van der Waals surface area contributed by atoms with Gasteiger partial charge in [-0.2, -0.15) is 0 Å². The monoisotopic (exact) mass is 384 g/mol. The number of benzene rings is 1. The standard InChI is InChI=1S/C17H24N2O6S/c1-18-26(21,22)15-11-13(3-4-14(15)23-2)16(20)19-7-5-12(6-8-19)17-24-9-10-25-17/h3-4,11-12,17-18H,5-10H2,1-2H3. The number of carbonyl (C=O) groups is 1. The largest absolute Gasteiger partial charge is 0.495 e. The third-order valence-corrected chi connectivity index (χ3v) is 6.26. The maximum atomic E-state index is 12.8. The van der Waals surface area contributed by atoms with E-state index in [1.54, 1.807) is 11.0 Å². The van der Waals surface area contributed by atoms with Gasteiger partial charge in [-0.3, -0.25) is 4.79 Å². The topological polar surface area (TPSA) is 94.2 Å². The molecule has 0 radical (unpaired) electrons. The van der Waals surface area contributed by atoms with Crippen LogP contribution in [-0.4, -0.2) is 66.0 Å². The number of methoxy groups -OCH3 is 1. The second kappa shape index (κ2) is 7.91. The molecule has 1 aromatic rings. The molecule has 1 N–H and O–H groups in total. The summed E-state index contributed by atoms with van der Waals surface area (Å²) >= 11 is 0. The Bertz CT molecular complexity index is 753. The summed E-state index contributed by atoms with van der Waals surface area (Å²) in [6.07, 6.45) is 1.43. The van der Waals surface area contributed by atoms with Crippen LogP contribution >= 0.6 is 0 Å². The van der Waals surface area contributed by atoms with Gasteiger partial charge in [0.2, 0.25) is 10.0 Å². The van der Waals surface area contributed by atoms with Gasteiger partial charge in [0.05, 0.1) is 20.3 Å². The molecule has 0 aliphatic carbocycles. The van der Waals surface area contributed by atoms with Crippen LogP contribution in [0.25, 0.3) is 0 Å². The molecule has 26 heavy (non-hydrogen) atoms. The van der Waals surface area contributed by atoms with Gasteiger partial charge in [0.25, 0.3) is 5.91 Å². The number of likely N-dealkylation sites (tertiary alicyclic amines) is 1. The van der Waals surface area contributed by atoms with Crippen LogP contribution in [0.2, 0.25) is 0 Å². The first-order valence-electron chi connectivity index (χ1n) is 8.60. The SMILES string of the molecule is CNS(=O)(=O)c1cc(C(=O)N2CCC(C3OCCO3)CC2)ccc1OC. The molecule has 0 bridgehead atoms. The highest BCUT2D eigenvalue weighted by molar-refractivity contribution is 7.89. The maximum Gasteiger partial charge on any atom is 0.253 e. The minimum Gasteiger partial charge on any atom is -0.495 e. The fraction of sp³-hybridized carbons (Fsp3) is 0.588. The second-order valence-electron chi connectivity index (χ2n) is 6.31. The number of piperidine rings is 1. The Labute approximate surface area is 153 Å². The number of nitrogens with one attached hydrogen (secondary N) is 1. The molecule has 144 valence electrons. The van der Waals surface area contributed by atoms with Gasteiger partial charge in [-0.05, 0) is 38.1 Å². The van der Waals surface area contributed by atoms with E-state index in [2.05, 4.69) is 4.72 Å². The van der Waals surface area contributed by atoms with Crippen molar-refractivity contribution in [3.63, 3.8) is 0 Å². The van der Waals surface area contributed by atoms with Gasteiger partial charge < -0.3 is 19.1 Å². The van der Waals surface area contributed by atoms with Crippen LogP contribution in [-0.2, 0) is 19.5 Å². The maximum absolute atomic E-state index is 12.8. The van der Waals surface area contributed by atoms with Crippen LogP contribution in [0.4, 0.5) is 0 Å². The number of amides is 1. The zero-order chi connectivity index (χ0) is 18.7.